The van der Waals surface area contributed by atoms with E-state index in [9.17, 15) is 0 Å². The molecule has 1 heterocycles. The average Bonchev–Trinajstić information content (AvgIpc) is 2.33. The molecule has 1 aromatic heterocycles. The molecular weight excluding hydrogens is 383 g/mol. The van der Waals surface area contributed by atoms with E-state index in [-0.39, 0.29) is 0 Å². The predicted molar refractivity (Wildman–Crippen MR) is 80.9 cm³/mol. The van der Waals surface area contributed by atoms with Gasteiger partial charge in [-0.2, -0.15) is 0 Å². The third kappa shape index (κ3) is 3.16. The molecule has 2 rings (SSSR count). The predicted octanol–water partition coefficient (Wildman–Crippen LogP) is 5.01. The first-order chi connectivity index (χ1) is 8.60. The van der Waals surface area contributed by atoms with Gasteiger partial charge in [-0.3, -0.25) is 0 Å². The monoisotopic (exact) mass is 390 g/mol. The fourth-order valence-corrected chi connectivity index (χ4v) is 2.45. The topological polar surface area (TPSA) is 34.1 Å². The fourth-order valence-electron chi connectivity index (χ4n) is 1.41. The molecule has 0 atom stereocenters. The normalized spacial score (nSPS) is 10.2. The van der Waals surface area contributed by atoms with Crippen LogP contribution in [0.25, 0.3) is 0 Å². The molecule has 0 bridgehead atoms. The highest BCUT2D eigenvalue weighted by atomic mass is 79.9. The lowest BCUT2D eigenvalue weighted by Gasteiger charge is -2.12. The molecule has 0 aliphatic carbocycles. The maximum atomic E-state index is 6.11. The zero-order chi connectivity index (χ0) is 13.1. The van der Waals surface area contributed by atoms with Gasteiger partial charge in [-0.25, -0.2) is 4.98 Å². The van der Waals surface area contributed by atoms with Gasteiger partial charge < -0.3 is 10.1 Å². The molecule has 94 valence electrons. The summed E-state index contributed by atoms with van der Waals surface area (Å²) >= 11 is 12.8. The summed E-state index contributed by atoms with van der Waals surface area (Å²) in [5.41, 5.74) is 0.795. The summed E-state index contributed by atoms with van der Waals surface area (Å²) in [7, 11) is 1.62. The van der Waals surface area contributed by atoms with Crippen molar-refractivity contribution in [1.82, 2.24) is 4.98 Å². The number of aromatic nitrogens is 1. The van der Waals surface area contributed by atoms with E-state index in [2.05, 4.69) is 42.2 Å². The Kier molecular flexibility index (Phi) is 4.48. The Morgan fingerprint density at radius 2 is 2.00 bits per heavy atom. The summed E-state index contributed by atoms with van der Waals surface area (Å²) in [5.74, 6) is 1.30. The number of nitrogens with one attached hydrogen (secondary N) is 1. The lowest BCUT2D eigenvalue weighted by molar-refractivity contribution is 0.416. The highest BCUT2D eigenvalue weighted by Gasteiger charge is 2.08. The van der Waals surface area contributed by atoms with Crippen molar-refractivity contribution < 1.29 is 4.74 Å². The van der Waals surface area contributed by atoms with E-state index in [1.54, 1.807) is 19.4 Å². The van der Waals surface area contributed by atoms with E-state index >= 15 is 0 Å². The molecule has 0 unspecified atom stereocenters. The first-order valence-corrected chi connectivity index (χ1v) is 6.98. The van der Waals surface area contributed by atoms with E-state index in [4.69, 9.17) is 16.3 Å². The number of hydrogen-bond donors (Lipinski definition) is 1. The summed E-state index contributed by atoms with van der Waals surface area (Å²) in [6.45, 7) is 0. The Labute approximate surface area is 127 Å². The number of rotatable bonds is 3. The molecule has 0 spiro atoms. The Morgan fingerprint density at radius 3 is 2.67 bits per heavy atom. The number of methoxy groups -OCH3 is 1. The second kappa shape index (κ2) is 5.91. The van der Waals surface area contributed by atoms with Crippen LogP contribution in [0, 0.1) is 0 Å². The van der Waals surface area contributed by atoms with Crippen molar-refractivity contribution in [3.63, 3.8) is 0 Å². The van der Waals surface area contributed by atoms with Gasteiger partial charge in [-0.15, -0.1) is 0 Å². The van der Waals surface area contributed by atoms with E-state index in [1.165, 1.54) is 0 Å². The van der Waals surface area contributed by atoms with Crippen LogP contribution in [0.1, 0.15) is 0 Å². The van der Waals surface area contributed by atoms with Gasteiger partial charge in [0, 0.05) is 15.1 Å². The summed E-state index contributed by atoms with van der Waals surface area (Å²) in [4.78, 5) is 4.22. The lowest BCUT2D eigenvalue weighted by atomic mass is 10.3. The van der Waals surface area contributed by atoms with Crippen LogP contribution in [0.3, 0.4) is 0 Å². The molecule has 0 saturated carbocycles. The molecule has 3 nitrogen and oxygen atoms in total. The maximum absolute atomic E-state index is 6.11. The van der Waals surface area contributed by atoms with Crippen molar-refractivity contribution in [2.24, 2.45) is 0 Å². The first-order valence-electron chi connectivity index (χ1n) is 5.02. The van der Waals surface area contributed by atoms with Crippen molar-refractivity contribution in [3.05, 3.63) is 44.4 Å². The summed E-state index contributed by atoms with van der Waals surface area (Å²) in [5, 5.41) is 3.67. The van der Waals surface area contributed by atoms with Crippen LogP contribution in [0.15, 0.2) is 39.4 Å². The van der Waals surface area contributed by atoms with Crippen LogP contribution in [0.2, 0.25) is 5.02 Å². The second-order valence-corrected chi connectivity index (χ2v) is 5.69. The Balaban J connectivity index is 2.36. The molecule has 0 radical (unpaired) electrons. The SMILES string of the molecule is COc1ccc(Br)cc1Nc1ncc(Br)cc1Cl. The molecule has 1 aromatic carbocycles. The molecule has 2 aromatic rings. The third-order valence-corrected chi connectivity index (χ3v) is 3.44. The second-order valence-electron chi connectivity index (χ2n) is 3.45. The average molecular weight is 392 g/mol. The molecule has 0 saturated heterocycles. The number of ether oxygens (including phenoxy) is 1. The van der Waals surface area contributed by atoms with Crippen LogP contribution in [-0.2, 0) is 0 Å². The molecule has 0 aliphatic rings. The molecular formula is C12H9Br2ClN2O. The van der Waals surface area contributed by atoms with Gasteiger partial charge in [0.15, 0.2) is 0 Å². The molecule has 0 aliphatic heterocycles. The van der Waals surface area contributed by atoms with Gasteiger partial charge in [-0.1, -0.05) is 27.5 Å². The van der Waals surface area contributed by atoms with Crippen LogP contribution in [0.5, 0.6) is 5.75 Å². The molecule has 1 N–H and O–H groups in total. The number of benzene rings is 1. The van der Waals surface area contributed by atoms with Gasteiger partial charge >= 0.3 is 0 Å². The quantitative estimate of drug-likeness (QED) is 0.797. The van der Waals surface area contributed by atoms with Gasteiger partial charge in [-0.05, 0) is 40.2 Å². The minimum atomic E-state index is 0.534. The van der Waals surface area contributed by atoms with Crippen molar-refractivity contribution in [2.45, 2.75) is 0 Å². The van der Waals surface area contributed by atoms with Gasteiger partial charge in [0.05, 0.1) is 17.8 Å². The van der Waals surface area contributed by atoms with Crippen molar-refractivity contribution >= 4 is 55.0 Å². The Hall–Kier alpha value is -0.780. The number of halogens is 3. The number of pyridine rings is 1. The Bertz CT molecular complexity index is 578. The van der Waals surface area contributed by atoms with Gasteiger partial charge in [0.1, 0.15) is 11.6 Å². The van der Waals surface area contributed by atoms with Crippen molar-refractivity contribution in [2.75, 3.05) is 12.4 Å². The van der Waals surface area contributed by atoms with Gasteiger partial charge in [0.25, 0.3) is 0 Å². The van der Waals surface area contributed by atoms with E-state index in [0.717, 1.165) is 20.4 Å². The van der Waals surface area contributed by atoms with Crippen molar-refractivity contribution in [3.8, 4) is 5.75 Å². The largest absolute Gasteiger partial charge is 0.495 e. The number of hydrogen-bond acceptors (Lipinski definition) is 3. The maximum Gasteiger partial charge on any atom is 0.149 e. The minimum Gasteiger partial charge on any atom is -0.495 e. The molecule has 0 amide bonds. The number of anilines is 2. The summed E-state index contributed by atoms with van der Waals surface area (Å²) < 4.78 is 7.05. The minimum absolute atomic E-state index is 0.534. The van der Waals surface area contributed by atoms with Crippen LogP contribution < -0.4 is 10.1 Å². The van der Waals surface area contributed by atoms with Gasteiger partial charge in [0.2, 0.25) is 0 Å². The molecule has 0 fully saturated rings. The third-order valence-electron chi connectivity index (χ3n) is 2.22. The zero-order valence-corrected chi connectivity index (χ0v) is 13.3. The van der Waals surface area contributed by atoms with E-state index in [1.807, 2.05) is 18.2 Å². The standard InChI is InChI=1S/C12H9Br2ClN2O/c1-18-11-3-2-7(13)5-10(11)17-12-9(15)4-8(14)6-16-12/h2-6H,1H3,(H,16,17). The highest BCUT2D eigenvalue weighted by Crippen LogP contribution is 2.32. The van der Waals surface area contributed by atoms with Crippen molar-refractivity contribution in [1.29, 1.82) is 0 Å². The summed E-state index contributed by atoms with van der Waals surface area (Å²) in [6, 6.07) is 7.44. The van der Waals surface area contributed by atoms with Crippen LogP contribution in [-0.4, -0.2) is 12.1 Å². The van der Waals surface area contributed by atoms with E-state index in [0.29, 0.717) is 10.8 Å². The lowest BCUT2D eigenvalue weighted by Crippen LogP contribution is -1.97. The van der Waals surface area contributed by atoms with E-state index < -0.39 is 0 Å². The molecule has 6 heteroatoms. The number of nitrogens with zero attached hydrogens (tertiary/aromatic N) is 1. The zero-order valence-electron chi connectivity index (χ0n) is 9.38. The van der Waals surface area contributed by atoms with Crippen LogP contribution >= 0.6 is 43.5 Å². The van der Waals surface area contributed by atoms with Crippen LogP contribution in [0.4, 0.5) is 11.5 Å². The smallest absolute Gasteiger partial charge is 0.149 e. The molecule has 18 heavy (non-hydrogen) atoms. The fraction of sp³-hybridized carbons (Fsp3) is 0.0833. The Morgan fingerprint density at radius 1 is 1.22 bits per heavy atom. The summed E-state index contributed by atoms with van der Waals surface area (Å²) in [6.07, 6.45) is 1.68. The first kappa shape index (κ1) is 13.6. The highest BCUT2D eigenvalue weighted by molar-refractivity contribution is 9.10.